The van der Waals surface area contributed by atoms with E-state index in [2.05, 4.69) is 18.7 Å². The van der Waals surface area contributed by atoms with Gasteiger partial charge in [-0.1, -0.05) is 102 Å². The van der Waals surface area contributed by atoms with E-state index >= 15 is 0 Å². The summed E-state index contributed by atoms with van der Waals surface area (Å²) in [6.45, 7) is -0.674. The monoisotopic (exact) mass is 448 g/mol. The van der Waals surface area contributed by atoms with Gasteiger partial charge in [0.25, 0.3) is 0 Å². The van der Waals surface area contributed by atoms with Crippen LogP contribution in [0.15, 0.2) is 0 Å². The van der Waals surface area contributed by atoms with Gasteiger partial charge in [-0.15, -0.1) is 0 Å². The molecule has 2 atom stereocenters. The predicted octanol–water partition coefficient (Wildman–Crippen LogP) is 2.10. The van der Waals surface area contributed by atoms with Crippen molar-refractivity contribution in [1.82, 2.24) is 0 Å². The van der Waals surface area contributed by atoms with Gasteiger partial charge in [-0.3, -0.25) is 0 Å². The van der Waals surface area contributed by atoms with Crippen LogP contribution in [0, 0.1) is 0 Å². The average Bonchev–Trinajstić information content (AvgIpc) is 2.62. The second-order valence-corrected chi connectivity index (χ2v) is 9.89. The molecule has 5 nitrogen and oxygen atoms in total. The molecule has 0 bridgehead atoms. The molecule has 2 unspecified atom stereocenters. The van der Waals surface area contributed by atoms with Crippen molar-refractivity contribution in [2.75, 3.05) is 26.9 Å². The van der Waals surface area contributed by atoms with Gasteiger partial charge in [0.15, 0.2) is 0 Å². The Labute approximate surface area is 200 Å². The zero-order valence-electron chi connectivity index (χ0n) is 18.5. The third kappa shape index (κ3) is 25.5. The van der Waals surface area contributed by atoms with Gasteiger partial charge in [0.1, 0.15) is 12.8 Å². The van der Waals surface area contributed by atoms with Gasteiger partial charge in [-0.05, 0) is 6.42 Å². The molecule has 0 spiro atoms. The summed E-state index contributed by atoms with van der Waals surface area (Å²) in [5, 5.41) is 0. The first-order valence-corrected chi connectivity index (χ1v) is 13.4. The number of methoxy groups -OCH3 is 1. The van der Waals surface area contributed by atoms with Crippen LogP contribution in [0.3, 0.4) is 0 Å². The summed E-state index contributed by atoms with van der Waals surface area (Å²) in [4.78, 5) is 20.0. The molecule has 0 saturated carbocycles. The van der Waals surface area contributed by atoms with E-state index in [1.807, 2.05) is 0 Å². The maximum atomic E-state index is 11.0. The van der Waals surface area contributed by atoms with Gasteiger partial charge in [0, 0.05) is 13.7 Å². The molecule has 0 radical (unpaired) electrons. The summed E-state index contributed by atoms with van der Waals surface area (Å²) in [5.41, 5.74) is 0. The van der Waals surface area contributed by atoms with Crippen LogP contribution in [0.25, 0.3) is 0 Å². The predicted molar refractivity (Wildman–Crippen MR) is 114 cm³/mol. The van der Waals surface area contributed by atoms with Gasteiger partial charge < -0.3 is 23.8 Å². The topological polar surface area (TPSA) is 71.0 Å². The minimum atomic E-state index is -3.87. The zero-order valence-corrected chi connectivity index (χ0v) is 22.2. The first-order chi connectivity index (χ1) is 13.0. The summed E-state index contributed by atoms with van der Waals surface area (Å²) in [6, 6.07) is 0. The number of unbranched alkanes of at least 4 members (excludes halogenated alkanes) is 13. The Kier molecular flexibility index (Phi) is 26.1. The van der Waals surface area contributed by atoms with Gasteiger partial charge in [-0.2, -0.15) is 0 Å². The fourth-order valence-electron chi connectivity index (χ4n) is 3.05. The van der Waals surface area contributed by atoms with Crippen molar-refractivity contribution in [3.8, 4) is 0 Å². The Hall–Kier alpha value is 1.45. The molecule has 0 aliphatic heterocycles. The van der Waals surface area contributed by atoms with Crippen LogP contribution in [-0.4, -0.2) is 37.9 Å². The van der Waals surface area contributed by atoms with Gasteiger partial charge in [0.2, 0.25) is 0 Å². The van der Waals surface area contributed by atoms with Crippen LogP contribution >= 0.6 is 6.72 Å². The van der Waals surface area contributed by atoms with E-state index in [9.17, 15) is 4.89 Å². The molecule has 0 amide bonds. The molecule has 0 saturated heterocycles. The number of hydrogen-bond acceptors (Lipinski definition) is 5. The van der Waals surface area contributed by atoms with E-state index in [1.165, 1.54) is 77.0 Å². The molecule has 0 heterocycles. The largest absolute Gasteiger partial charge is 1.00 e. The van der Waals surface area contributed by atoms with Crippen LogP contribution in [0.2, 0.25) is 0 Å². The van der Waals surface area contributed by atoms with E-state index in [-0.39, 0.29) is 42.3 Å². The molecule has 0 aromatic rings. The summed E-state index contributed by atoms with van der Waals surface area (Å²) in [7, 11) is 1.56. The Balaban J connectivity index is 0. The van der Waals surface area contributed by atoms with Gasteiger partial charge in [-0.25, -0.2) is 0 Å². The fraction of sp³-hybridized carbons (Fsp3) is 1.00. The molecule has 28 heavy (non-hydrogen) atoms. The standard InChI is InChI=1S/C20H43O5PS.Na/c1-3-4-5-6-7-8-9-10-11-12-13-14-15-16-17-24-20(18-23-2)19-25-26(21,22)27;/h20H,3-19H2,1-2H3,(H2,21,22,27);/q;+1/p-1. The molecule has 1 N–H and O–H groups in total. The number of rotatable bonds is 21. The average molecular weight is 449 g/mol. The summed E-state index contributed by atoms with van der Waals surface area (Å²) < 4.78 is 15.4. The van der Waals surface area contributed by atoms with Crippen LogP contribution in [0.4, 0.5) is 0 Å². The molecular formula is C20H42NaO5PS. The zero-order chi connectivity index (χ0) is 20.2. The second kappa shape index (κ2) is 23.1. The molecular weight excluding hydrogens is 406 g/mol. The minimum Gasteiger partial charge on any atom is -0.780 e. The summed E-state index contributed by atoms with van der Waals surface area (Å²) >= 11 is 4.33. The quantitative estimate of drug-likeness (QED) is 0.165. The molecule has 8 heteroatoms. The van der Waals surface area contributed by atoms with Crippen molar-refractivity contribution >= 4 is 18.5 Å². The van der Waals surface area contributed by atoms with E-state index in [1.54, 1.807) is 7.11 Å². The van der Waals surface area contributed by atoms with Crippen LogP contribution in [0.5, 0.6) is 0 Å². The molecule has 0 aromatic heterocycles. The third-order valence-electron chi connectivity index (χ3n) is 4.63. The molecule has 0 aliphatic rings. The maximum absolute atomic E-state index is 11.0. The van der Waals surface area contributed by atoms with Crippen molar-refractivity contribution in [2.45, 2.75) is 103 Å². The number of hydrogen-bond donors (Lipinski definition) is 1. The normalized spacial score (nSPS) is 14.4. The Bertz CT molecular complexity index is 357. The van der Waals surface area contributed by atoms with E-state index in [4.69, 9.17) is 18.9 Å². The van der Waals surface area contributed by atoms with E-state index < -0.39 is 6.72 Å². The Morgan fingerprint density at radius 3 is 1.64 bits per heavy atom. The Morgan fingerprint density at radius 2 is 1.25 bits per heavy atom. The molecule has 0 rings (SSSR count). The van der Waals surface area contributed by atoms with Gasteiger partial charge >= 0.3 is 29.6 Å². The van der Waals surface area contributed by atoms with Crippen LogP contribution in [-0.2, 0) is 25.8 Å². The van der Waals surface area contributed by atoms with Crippen LogP contribution < -0.4 is 34.5 Å². The van der Waals surface area contributed by atoms with Crippen molar-refractivity contribution in [3.63, 3.8) is 0 Å². The van der Waals surface area contributed by atoms with Crippen molar-refractivity contribution in [2.24, 2.45) is 0 Å². The van der Waals surface area contributed by atoms with E-state index in [0.29, 0.717) is 13.2 Å². The molecule has 0 fully saturated rings. The van der Waals surface area contributed by atoms with Crippen molar-refractivity contribution in [3.05, 3.63) is 0 Å². The van der Waals surface area contributed by atoms with Crippen molar-refractivity contribution in [1.29, 1.82) is 0 Å². The smallest absolute Gasteiger partial charge is 0.780 e. The number of ether oxygens (including phenoxy) is 2. The molecule has 0 aliphatic carbocycles. The minimum absolute atomic E-state index is 0. The molecule has 0 aromatic carbocycles. The van der Waals surface area contributed by atoms with Crippen molar-refractivity contribution < 1.29 is 53.3 Å². The summed E-state index contributed by atoms with van der Waals surface area (Å²) in [6.07, 6.45) is 18.2. The van der Waals surface area contributed by atoms with Gasteiger partial charge in [0.05, 0.1) is 13.2 Å². The second-order valence-electron chi connectivity index (χ2n) is 7.31. The third-order valence-corrected chi connectivity index (χ3v) is 5.42. The fourth-order valence-corrected chi connectivity index (χ4v) is 3.59. The first kappa shape index (κ1) is 31.6. The first-order valence-electron chi connectivity index (χ1n) is 10.8. The SMILES string of the molecule is CCCCCCCCCCCCCCCCOC(COC)COP([O-])(O)=S.[Na+]. The summed E-state index contributed by atoms with van der Waals surface area (Å²) in [5.74, 6) is 0. The molecule has 164 valence electrons. The van der Waals surface area contributed by atoms with Crippen LogP contribution in [0.1, 0.15) is 96.8 Å². The van der Waals surface area contributed by atoms with E-state index in [0.717, 1.165) is 12.8 Å². The maximum Gasteiger partial charge on any atom is 1.00 e. The Morgan fingerprint density at radius 1 is 0.821 bits per heavy atom.